The Morgan fingerprint density at radius 1 is 1.08 bits per heavy atom. The zero-order valence-electron chi connectivity index (χ0n) is 29.0. The van der Waals surface area contributed by atoms with Gasteiger partial charge in [0.05, 0.1) is 43.8 Å². The van der Waals surface area contributed by atoms with Gasteiger partial charge in [0, 0.05) is 44.9 Å². The van der Waals surface area contributed by atoms with Crippen LogP contribution in [0.25, 0.3) is 22.3 Å². The second kappa shape index (κ2) is 15.5. The number of esters is 1. The van der Waals surface area contributed by atoms with Gasteiger partial charge in [0.1, 0.15) is 23.8 Å². The Morgan fingerprint density at radius 3 is 2.54 bits per heavy atom. The van der Waals surface area contributed by atoms with Crippen molar-refractivity contribution >= 4 is 35.1 Å². The lowest BCUT2D eigenvalue weighted by Crippen LogP contribution is -2.44. The van der Waals surface area contributed by atoms with Gasteiger partial charge in [0.2, 0.25) is 5.95 Å². The molecule has 5 rings (SSSR count). The van der Waals surface area contributed by atoms with Crippen LogP contribution in [0.1, 0.15) is 32.8 Å². The highest BCUT2D eigenvalue weighted by Gasteiger charge is 2.42. The summed E-state index contributed by atoms with van der Waals surface area (Å²) < 4.78 is 38.4. The minimum Gasteiger partial charge on any atom is -0.467 e. The molecule has 0 radical (unpaired) electrons. The van der Waals surface area contributed by atoms with Crippen molar-refractivity contribution in [2.75, 3.05) is 39.7 Å². The van der Waals surface area contributed by atoms with Gasteiger partial charge in [-0.25, -0.2) is 33.7 Å². The molecule has 1 N–H and O–H groups in total. The SMILES string of the molecule is COC(=O)[C@@H]1C[C@H](Nc2nccc(-c3ccc(F)c4ncn(CC(CN(C)C(=O)OCc5ccccc5)OC)c34)n2)CN1C(=O)OC(C)(C)C. The van der Waals surface area contributed by atoms with Crippen LogP contribution in [0.4, 0.5) is 19.9 Å². The van der Waals surface area contributed by atoms with E-state index in [2.05, 4.69) is 15.3 Å². The van der Waals surface area contributed by atoms with Crippen LogP contribution in [0.5, 0.6) is 0 Å². The number of carbonyl (C=O) groups is 3. The molecule has 3 heterocycles. The maximum Gasteiger partial charge on any atom is 0.411 e. The van der Waals surface area contributed by atoms with Gasteiger partial charge in [-0.2, -0.15) is 0 Å². The number of anilines is 1. The van der Waals surface area contributed by atoms with Crippen LogP contribution in [0, 0.1) is 5.82 Å². The van der Waals surface area contributed by atoms with Gasteiger partial charge in [-0.05, 0) is 44.5 Å². The first-order valence-electron chi connectivity index (χ1n) is 16.1. The molecule has 1 aliphatic rings. The number of likely N-dealkylation sites (N-methyl/N-ethyl adjacent to an activating group) is 1. The summed E-state index contributed by atoms with van der Waals surface area (Å²) in [5.41, 5.74) is 1.82. The van der Waals surface area contributed by atoms with Gasteiger partial charge in [-0.1, -0.05) is 30.3 Å². The van der Waals surface area contributed by atoms with Crippen molar-refractivity contribution in [3.8, 4) is 11.3 Å². The number of carbonyl (C=O) groups excluding carboxylic acids is 3. The van der Waals surface area contributed by atoms with Gasteiger partial charge < -0.3 is 33.7 Å². The Kier molecular flexibility index (Phi) is 11.1. The molecule has 1 saturated heterocycles. The van der Waals surface area contributed by atoms with Crippen LogP contribution in [-0.2, 0) is 36.9 Å². The molecule has 0 saturated carbocycles. The largest absolute Gasteiger partial charge is 0.467 e. The van der Waals surface area contributed by atoms with Crippen molar-refractivity contribution in [3.05, 3.63) is 72.4 Å². The second-order valence-electron chi connectivity index (χ2n) is 13.0. The standard InChI is InChI=1S/C35H42FN7O7/c1-35(2,3)50-34(46)43-17-23(16-28(43)31(44)48-6)39-32-37-15-14-27(40-32)25-12-13-26(36)29-30(25)42(21-38-29)19-24(47-5)18-41(4)33(45)49-20-22-10-8-7-9-11-22/h7-15,21,23-24,28H,16-20H2,1-6H3,(H,37,39,40)/t23-,24?,28-/m0/s1. The van der Waals surface area contributed by atoms with E-state index < -0.39 is 41.7 Å². The number of hydrogen-bond donors (Lipinski definition) is 1. The Labute approximate surface area is 289 Å². The van der Waals surface area contributed by atoms with Gasteiger partial charge in [0.15, 0.2) is 5.82 Å². The molecule has 0 bridgehead atoms. The number of nitrogens with one attached hydrogen (secondary N) is 1. The minimum absolute atomic E-state index is 0.140. The molecule has 3 atom stereocenters. The van der Waals surface area contributed by atoms with E-state index in [4.69, 9.17) is 23.9 Å². The summed E-state index contributed by atoms with van der Waals surface area (Å²) in [5, 5.41) is 3.22. The number of aromatic nitrogens is 4. The van der Waals surface area contributed by atoms with Crippen molar-refractivity contribution in [2.45, 2.75) is 64.1 Å². The Morgan fingerprint density at radius 2 is 1.84 bits per heavy atom. The molecule has 0 spiro atoms. The summed E-state index contributed by atoms with van der Waals surface area (Å²) in [6, 6.07) is 12.8. The topological polar surface area (TPSA) is 150 Å². The number of amides is 2. The first-order valence-corrected chi connectivity index (χ1v) is 16.1. The monoisotopic (exact) mass is 691 g/mol. The predicted molar refractivity (Wildman–Crippen MR) is 182 cm³/mol. The average Bonchev–Trinajstić information content (AvgIpc) is 3.72. The lowest BCUT2D eigenvalue weighted by Gasteiger charge is -2.27. The molecule has 266 valence electrons. The normalized spacial score (nSPS) is 16.6. The molecule has 14 nitrogen and oxygen atoms in total. The van der Waals surface area contributed by atoms with Crippen molar-refractivity contribution in [3.63, 3.8) is 0 Å². The van der Waals surface area contributed by atoms with Crippen LogP contribution >= 0.6 is 0 Å². The number of likely N-dealkylation sites (tertiary alicyclic amines) is 1. The lowest BCUT2D eigenvalue weighted by atomic mass is 10.1. The van der Waals surface area contributed by atoms with E-state index in [9.17, 15) is 14.4 Å². The zero-order chi connectivity index (χ0) is 36.0. The smallest absolute Gasteiger partial charge is 0.411 e. The minimum atomic E-state index is -0.847. The van der Waals surface area contributed by atoms with E-state index in [1.54, 1.807) is 50.7 Å². The van der Waals surface area contributed by atoms with Gasteiger partial charge in [-0.3, -0.25) is 4.90 Å². The second-order valence-corrected chi connectivity index (χ2v) is 13.0. The number of rotatable bonds is 11. The third-order valence-corrected chi connectivity index (χ3v) is 8.11. The van der Waals surface area contributed by atoms with Crippen molar-refractivity contribution in [1.82, 2.24) is 29.3 Å². The summed E-state index contributed by atoms with van der Waals surface area (Å²) in [6.07, 6.45) is 1.71. The molecule has 1 fully saturated rings. The zero-order valence-corrected chi connectivity index (χ0v) is 29.0. The van der Waals surface area contributed by atoms with Crippen molar-refractivity contribution in [2.24, 2.45) is 0 Å². The van der Waals surface area contributed by atoms with E-state index in [1.807, 2.05) is 30.3 Å². The molecule has 0 aliphatic carbocycles. The number of nitrogens with zero attached hydrogens (tertiary/aromatic N) is 6. The quantitative estimate of drug-likeness (QED) is 0.169. The van der Waals surface area contributed by atoms with Gasteiger partial charge >= 0.3 is 18.2 Å². The van der Waals surface area contributed by atoms with Crippen molar-refractivity contribution < 1.29 is 37.7 Å². The van der Waals surface area contributed by atoms with E-state index in [0.717, 1.165) is 5.56 Å². The molecule has 4 aromatic rings. The number of halogens is 1. The summed E-state index contributed by atoms with van der Waals surface area (Å²) in [6.45, 7) is 5.99. The highest BCUT2D eigenvalue weighted by atomic mass is 19.1. The fourth-order valence-electron chi connectivity index (χ4n) is 5.72. The summed E-state index contributed by atoms with van der Waals surface area (Å²) in [4.78, 5) is 54.4. The molecule has 1 unspecified atom stereocenters. The number of hydrogen-bond acceptors (Lipinski definition) is 11. The first-order chi connectivity index (χ1) is 23.9. The molecule has 50 heavy (non-hydrogen) atoms. The van der Waals surface area contributed by atoms with Crippen LogP contribution in [0.2, 0.25) is 0 Å². The molecule has 1 aliphatic heterocycles. The van der Waals surface area contributed by atoms with Crippen LogP contribution in [0.15, 0.2) is 61.1 Å². The van der Waals surface area contributed by atoms with Gasteiger partial charge in [-0.15, -0.1) is 0 Å². The lowest BCUT2D eigenvalue weighted by molar-refractivity contribution is -0.145. The molecule has 2 amide bonds. The molecular formula is C35H42FN7O7. The molecule has 15 heteroatoms. The number of ether oxygens (including phenoxy) is 4. The highest BCUT2D eigenvalue weighted by molar-refractivity contribution is 5.91. The van der Waals surface area contributed by atoms with Crippen LogP contribution in [0.3, 0.4) is 0 Å². The number of benzene rings is 2. The summed E-state index contributed by atoms with van der Waals surface area (Å²) >= 11 is 0. The Hall–Kier alpha value is -5.31. The van der Waals surface area contributed by atoms with E-state index in [1.165, 1.54) is 36.4 Å². The van der Waals surface area contributed by atoms with Crippen LogP contribution < -0.4 is 5.32 Å². The number of methoxy groups -OCH3 is 2. The number of imidazole rings is 1. The summed E-state index contributed by atoms with van der Waals surface area (Å²) in [7, 11) is 4.43. The third-order valence-electron chi connectivity index (χ3n) is 8.11. The fraction of sp³-hybridized carbons (Fsp3) is 0.429. The maximum atomic E-state index is 15.0. The first kappa shape index (κ1) is 36.0. The fourth-order valence-corrected chi connectivity index (χ4v) is 5.72. The Balaban J connectivity index is 1.32. The van der Waals surface area contributed by atoms with E-state index in [-0.39, 0.29) is 50.2 Å². The maximum absolute atomic E-state index is 15.0. The highest BCUT2D eigenvalue weighted by Crippen LogP contribution is 2.30. The Bertz CT molecular complexity index is 1810. The third kappa shape index (κ3) is 8.64. The number of fused-ring (bicyclic) bond motifs is 1. The molecule has 2 aromatic carbocycles. The van der Waals surface area contributed by atoms with Crippen LogP contribution in [-0.4, -0.2) is 106 Å². The van der Waals surface area contributed by atoms with E-state index >= 15 is 4.39 Å². The van der Waals surface area contributed by atoms with Gasteiger partial charge in [0.25, 0.3) is 0 Å². The molecular weight excluding hydrogens is 649 g/mol. The van der Waals surface area contributed by atoms with E-state index in [0.29, 0.717) is 16.8 Å². The predicted octanol–water partition coefficient (Wildman–Crippen LogP) is 4.88. The summed E-state index contributed by atoms with van der Waals surface area (Å²) in [5.74, 6) is -0.815. The average molecular weight is 692 g/mol. The molecule has 2 aromatic heterocycles. The van der Waals surface area contributed by atoms with Crippen molar-refractivity contribution in [1.29, 1.82) is 0 Å².